The van der Waals surface area contributed by atoms with Gasteiger partial charge in [0.1, 0.15) is 0 Å². The molecule has 0 spiro atoms. The Morgan fingerprint density at radius 1 is 1.56 bits per heavy atom. The SMILES string of the molecule is CC(C)c1c(C(=O)O)nnn1Cc1ccc(Cl)s1. The van der Waals surface area contributed by atoms with Crippen LogP contribution in [0.2, 0.25) is 4.34 Å². The second-order valence-corrected chi connectivity index (χ2v) is 5.95. The van der Waals surface area contributed by atoms with Crippen LogP contribution >= 0.6 is 22.9 Å². The molecule has 0 radical (unpaired) electrons. The number of carboxylic acids is 1. The number of aromatic nitrogens is 3. The zero-order valence-electron chi connectivity index (χ0n) is 9.92. The van der Waals surface area contributed by atoms with Gasteiger partial charge in [0, 0.05) is 4.88 Å². The van der Waals surface area contributed by atoms with Crippen molar-refractivity contribution >= 4 is 28.9 Å². The highest BCUT2D eigenvalue weighted by atomic mass is 35.5. The Balaban J connectivity index is 2.36. The average molecular weight is 286 g/mol. The lowest BCUT2D eigenvalue weighted by Gasteiger charge is -2.08. The lowest BCUT2D eigenvalue weighted by molar-refractivity contribution is 0.0688. The Kier molecular flexibility index (Phi) is 3.68. The van der Waals surface area contributed by atoms with E-state index in [1.807, 2.05) is 26.0 Å². The second-order valence-electron chi connectivity index (χ2n) is 4.15. The van der Waals surface area contributed by atoms with E-state index in [9.17, 15) is 4.79 Å². The van der Waals surface area contributed by atoms with Crippen molar-refractivity contribution in [2.75, 3.05) is 0 Å². The van der Waals surface area contributed by atoms with Crippen LogP contribution in [-0.4, -0.2) is 26.1 Å². The molecule has 0 atom stereocenters. The highest BCUT2D eigenvalue weighted by molar-refractivity contribution is 7.16. The first kappa shape index (κ1) is 13.0. The Morgan fingerprint density at radius 2 is 2.28 bits per heavy atom. The molecule has 0 saturated heterocycles. The van der Waals surface area contributed by atoms with E-state index in [-0.39, 0.29) is 11.6 Å². The van der Waals surface area contributed by atoms with Crippen molar-refractivity contribution in [3.63, 3.8) is 0 Å². The van der Waals surface area contributed by atoms with E-state index in [2.05, 4.69) is 10.3 Å². The molecule has 0 aromatic carbocycles. The molecule has 5 nitrogen and oxygen atoms in total. The normalized spacial score (nSPS) is 11.1. The van der Waals surface area contributed by atoms with Gasteiger partial charge in [-0.15, -0.1) is 16.4 Å². The molecule has 2 aromatic heterocycles. The van der Waals surface area contributed by atoms with E-state index in [4.69, 9.17) is 16.7 Å². The lowest BCUT2D eigenvalue weighted by atomic mass is 10.1. The Bertz CT molecular complexity index is 577. The molecular weight excluding hydrogens is 274 g/mol. The number of thiophene rings is 1. The third-order valence-electron chi connectivity index (χ3n) is 2.46. The zero-order chi connectivity index (χ0) is 13.3. The van der Waals surface area contributed by atoms with Crippen molar-refractivity contribution in [1.82, 2.24) is 15.0 Å². The Morgan fingerprint density at radius 3 is 2.78 bits per heavy atom. The van der Waals surface area contributed by atoms with Gasteiger partial charge in [-0.2, -0.15) is 0 Å². The van der Waals surface area contributed by atoms with Crippen LogP contribution in [0.3, 0.4) is 0 Å². The highest BCUT2D eigenvalue weighted by Gasteiger charge is 2.21. The first-order chi connectivity index (χ1) is 8.49. The number of hydrogen-bond donors (Lipinski definition) is 1. The Hall–Kier alpha value is -1.40. The van der Waals surface area contributed by atoms with Gasteiger partial charge in [-0.3, -0.25) is 0 Å². The largest absolute Gasteiger partial charge is 0.476 e. The van der Waals surface area contributed by atoms with Crippen molar-refractivity contribution in [1.29, 1.82) is 0 Å². The maximum Gasteiger partial charge on any atom is 0.358 e. The van der Waals surface area contributed by atoms with Gasteiger partial charge in [-0.1, -0.05) is 30.7 Å². The molecule has 0 aliphatic rings. The van der Waals surface area contributed by atoms with Crippen LogP contribution in [0.4, 0.5) is 0 Å². The molecule has 96 valence electrons. The van der Waals surface area contributed by atoms with Gasteiger partial charge >= 0.3 is 5.97 Å². The molecule has 0 saturated carbocycles. The molecule has 7 heteroatoms. The fraction of sp³-hybridized carbons (Fsp3) is 0.364. The second kappa shape index (κ2) is 5.07. The third-order valence-corrected chi connectivity index (χ3v) is 3.67. The van der Waals surface area contributed by atoms with Crippen molar-refractivity contribution in [2.24, 2.45) is 0 Å². The summed E-state index contributed by atoms with van der Waals surface area (Å²) >= 11 is 7.31. The van der Waals surface area contributed by atoms with Gasteiger partial charge in [0.2, 0.25) is 0 Å². The number of aromatic carboxylic acids is 1. The van der Waals surface area contributed by atoms with E-state index in [0.29, 0.717) is 16.6 Å². The predicted molar refractivity (Wildman–Crippen MR) is 69.5 cm³/mol. The van der Waals surface area contributed by atoms with Gasteiger partial charge < -0.3 is 5.11 Å². The summed E-state index contributed by atoms with van der Waals surface area (Å²) in [6.07, 6.45) is 0. The number of carbonyl (C=O) groups is 1. The smallest absolute Gasteiger partial charge is 0.358 e. The number of nitrogens with zero attached hydrogens (tertiary/aromatic N) is 3. The summed E-state index contributed by atoms with van der Waals surface area (Å²) in [5.74, 6) is -1.00. The van der Waals surface area contributed by atoms with Gasteiger partial charge in [-0.05, 0) is 18.1 Å². The van der Waals surface area contributed by atoms with Gasteiger partial charge in [0.25, 0.3) is 0 Å². The Labute approximate surface area is 113 Å². The van der Waals surface area contributed by atoms with E-state index >= 15 is 0 Å². The fourth-order valence-electron chi connectivity index (χ4n) is 1.75. The first-order valence-electron chi connectivity index (χ1n) is 5.40. The van der Waals surface area contributed by atoms with Crippen LogP contribution in [-0.2, 0) is 6.54 Å². The van der Waals surface area contributed by atoms with Crippen molar-refractivity contribution in [2.45, 2.75) is 26.3 Å². The van der Waals surface area contributed by atoms with Crippen molar-refractivity contribution < 1.29 is 9.90 Å². The van der Waals surface area contributed by atoms with Crippen LogP contribution in [0.5, 0.6) is 0 Å². The molecule has 0 bridgehead atoms. The molecule has 0 aliphatic heterocycles. The molecule has 2 heterocycles. The molecule has 18 heavy (non-hydrogen) atoms. The molecule has 2 rings (SSSR count). The minimum atomic E-state index is -1.05. The average Bonchev–Trinajstić information content (AvgIpc) is 2.85. The molecule has 0 fully saturated rings. The van der Waals surface area contributed by atoms with Crippen LogP contribution < -0.4 is 0 Å². The molecule has 1 N–H and O–H groups in total. The minimum absolute atomic E-state index is 0.0210. The van der Waals surface area contributed by atoms with Gasteiger partial charge in [0.15, 0.2) is 5.69 Å². The number of carboxylic acid groups (broad SMARTS) is 1. The quantitative estimate of drug-likeness (QED) is 0.938. The van der Waals surface area contributed by atoms with Crippen LogP contribution in [0.15, 0.2) is 12.1 Å². The predicted octanol–water partition coefficient (Wildman–Crippen LogP) is 2.86. The summed E-state index contributed by atoms with van der Waals surface area (Å²) in [6.45, 7) is 4.33. The summed E-state index contributed by atoms with van der Waals surface area (Å²) in [5.41, 5.74) is 0.652. The molecule has 0 amide bonds. The number of halogens is 1. The minimum Gasteiger partial charge on any atom is -0.476 e. The summed E-state index contributed by atoms with van der Waals surface area (Å²) in [7, 11) is 0. The molecular formula is C11H12ClN3O2S. The standard InChI is InChI=1S/C11H12ClN3O2S/c1-6(2)10-9(11(16)17)13-14-15(10)5-7-3-4-8(12)18-7/h3-4,6H,5H2,1-2H3,(H,16,17). The summed E-state index contributed by atoms with van der Waals surface area (Å²) in [5, 5.41) is 16.7. The summed E-state index contributed by atoms with van der Waals surface area (Å²) in [6, 6.07) is 3.71. The van der Waals surface area contributed by atoms with E-state index in [1.54, 1.807) is 4.68 Å². The van der Waals surface area contributed by atoms with Crippen molar-refractivity contribution in [3.8, 4) is 0 Å². The highest BCUT2D eigenvalue weighted by Crippen LogP contribution is 2.24. The third kappa shape index (κ3) is 2.54. The molecule has 0 aliphatic carbocycles. The van der Waals surface area contributed by atoms with Gasteiger partial charge in [0.05, 0.1) is 16.6 Å². The molecule has 0 unspecified atom stereocenters. The maximum absolute atomic E-state index is 11.1. The monoisotopic (exact) mass is 285 g/mol. The topological polar surface area (TPSA) is 68.0 Å². The van der Waals surface area contributed by atoms with E-state index in [1.165, 1.54) is 11.3 Å². The van der Waals surface area contributed by atoms with Crippen LogP contribution in [0, 0.1) is 0 Å². The lowest BCUT2D eigenvalue weighted by Crippen LogP contribution is -2.10. The first-order valence-corrected chi connectivity index (χ1v) is 6.59. The van der Waals surface area contributed by atoms with E-state index in [0.717, 1.165) is 4.88 Å². The van der Waals surface area contributed by atoms with Crippen LogP contribution in [0.1, 0.15) is 40.8 Å². The van der Waals surface area contributed by atoms with E-state index < -0.39 is 5.97 Å². The van der Waals surface area contributed by atoms with Gasteiger partial charge in [-0.25, -0.2) is 9.48 Å². The van der Waals surface area contributed by atoms with Crippen molar-refractivity contribution in [3.05, 3.63) is 32.7 Å². The number of hydrogen-bond acceptors (Lipinski definition) is 4. The van der Waals surface area contributed by atoms with Crippen LogP contribution in [0.25, 0.3) is 0 Å². The maximum atomic E-state index is 11.1. The summed E-state index contributed by atoms with van der Waals surface area (Å²) < 4.78 is 2.32. The summed E-state index contributed by atoms with van der Waals surface area (Å²) in [4.78, 5) is 12.1. The zero-order valence-corrected chi connectivity index (χ0v) is 11.5. The fourth-order valence-corrected chi connectivity index (χ4v) is 2.82. The number of rotatable bonds is 4. The molecule has 2 aromatic rings.